The van der Waals surface area contributed by atoms with E-state index in [0.29, 0.717) is 6.42 Å². The lowest BCUT2D eigenvalue weighted by atomic mass is 9.91. The van der Waals surface area contributed by atoms with Crippen LogP contribution in [0, 0.1) is 5.92 Å². The standard InChI is InChI=1S/C11H17F3N2O/c12-11(13,14)10(17)16-6-4-8(7-16)9-3-1-2-5-15-9/h8-9,15H,1-7H2/t8-,9+/m1/s1. The summed E-state index contributed by atoms with van der Waals surface area (Å²) in [6.07, 6.45) is -0.775. The Kier molecular flexibility index (Phi) is 3.61. The lowest BCUT2D eigenvalue weighted by Gasteiger charge is -2.28. The molecule has 1 amide bonds. The van der Waals surface area contributed by atoms with Crippen LogP contribution < -0.4 is 5.32 Å². The average molecular weight is 250 g/mol. The zero-order chi connectivity index (χ0) is 12.5. The fourth-order valence-corrected chi connectivity index (χ4v) is 2.76. The van der Waals surface area contributed by atoms with Gasteiger partial charge in [-0.3, -0.25) is 4.79 Å². The van der Waals surface area contributed by atoms with E-state index in [0.717, 1.165) is 30.7 Å². The number of nitrogens with one attached hydrogen (secondary N) is 1. The average Bonchev–Trinajstić information content (AvgIpc) is 2.77. The summed E-state index contributed by atoms with van der Waals surface area (Å²) in [4.78, 5) is 12.0. The first kappa shape index (κ1) is 12.7. The van der Waals surface area contributed by atoms with Crippen molar-refractivity contribution >= 4 is 5.91 Å². The third-order valence-electron chi connectivity index (χ3n) is 3.67. The van der Waals surface area contributed by atoms with Gasteiger partial charge in [0.05, 0.1) is 0 Å². The third kappa shape index (κ3) is 2.91. The van der Waals surface area contributed by atoms with Crippen LogP contribution in [0.5, 0.6) is 0 Å². The van der Waals surface area contributed by atoms with E-state index in [1.807, 2.05) is 0 Å². The lowest BCUT2D eigenvalue weighted by Crippen LogP contribution is -2.43. The number of piperidine rings is 1. The van der Waals surface area contributed by atoms with Crippen LogP contribution >= 0.6 is 0 Å². The van der Waals surface area contributed by atoms with Crippen LogP contribution in [0.25, 0.3) is 0 Å². The Bertz CT molecular complexity index is 287. The fraction of sp³-hybridized carbons (Fsp3) is 0.909. The number of rotatable bonds is 1. The van der Waals surface area contributed by atoms with Gasteiger partial charge in [0.1, 0.15) is 0 Å². The Labute approximate surface area is 98.3 Å². The highest BCUT2D eigenvalue weighted by molar-refractivity contribution is 5.82. The summed E-state index contributed by atoms with van der Waals surface area (Å²) in [5, 5.41) is 3.34. The number of hydrogen-bond acceptors (Lipinski definition) is 2. The molecule has 2 atom stereocenters. The highest BCUT2D eigenvalue weighted by Crippen LogP contribution is 2.28. The largest absolute Gasteiger partial charge is 0.471 e. The highest BCUT2D eigenvalue weighted by atomic mass is 19.4. The minimum atomic E-state index is -4.73. The first-order chi connectivity index (χ1) is 7.98. The maximum absolute atomic E-state index is 12.3. The van der Waals surface area contributed by atoms with Crippen LogP contribution in [-0.4, -0.2) is 42.7 Å². The number of carbonyl (C=O) groups excluding carboxylic acids is 1. The Morgan fingerprint density at radius 3 is 2.59 bits per heavy atom. The second-order valence-electron chi connectivity index (χ2n) is 4.85. The van der Waals surface area contributed by atoms with E-state index >= 15 is 0 Å². The van der Waals surface area contributed by atoms with Gasteiger partial charge in [0, 0.05) is 19.1 Å². The number of likely N-dealkylation sites (tertiary alicyclic amines) is 1. The summed E-state index contributed by atoms with van der Waals surface area (Å²) in [5.74, 6) is -1.50. The minimum absolute atomic E-state index is 0.182. The molecule has 3 nitrogen and oxygen atoms in total. The van der Waals surface area contributed by atoms with Crippen molar-refractivity contribution in [3.05, 3.63) is 0 Å². The number of hydrogen-bond donors (Lipinski definition) is 1. The number of nitrogens with zero attached hydrogens (tertiary/aromatic N) is 1. The van der Waals surface area contributed by atoms with Gasteiger partial charge in [0.15, 0.2) is 0 Å². The third-order valence-corrected chi connectivity index (χ3v) is 3.67. The summed E-state index contributed by atoms with van der Waals surface area (Å²) in [5.41, 5.74) is 0. The van der Waals surface area contributed by atoms with Crippen LogP contribution in [0.15, 0.2) is 0 Å². The Balaban J connectivity index is 1.88. The van der Waals surface area contributed by atoms with Crippen LogP contribution in [0.1, 0.15) is 25.7 Å². The number of amides is 1. The maximum Gasteiger partial charge on any atom is 0.471 e. The molecule has 1 N–H and O–H groups in total. The molecule has 2 heterocycles. The molecular formula is C11H17F3N2O. The molecule has 6 heteroatoms. The SMILES string of the molecule is O=C(N1CC[C@@H]([C@@H]2CCCCN2)C1)C(F)(F)F. The van der Waals surface area contributed by atoms with Crippen molar-refractivity contribution in [3.8, 4) is 0 Å². The van der Waals surface area contributed by atoms with Gasteiger partial charge in [-0.2, -0.15) is 13.2 Å². The van der Waals surface area contributed by atoms with Crippen LogP contribution in [0.4, 0.5) is 13.2 Å². The van der Waals surface area contributed by atoms with Crippen molar-refractivity contribution in [1.29, 1.82) is 0 Å². The zero-order valence-corrected chi connectivity index (χ0v) is 9.59. The van der Waals surface area contributed by atoms with Crippen molar-refractivity contribution in [2.45, 2.75) is 37.9 Å². The molecule has 0 saturated carbocycles. The van der Waals surface area contributed by atoms with Crippen molar-refractivity contribution in [1.82, 2.24) is 10.2 Å². The van der Waals surface area contributed by atoms with E-state index in [9.17, 15) is 18.0 Å². The van der Waals surface area contributed by atoms with Crippen molar-refractivity contribution < 1.29 is 18.0 Å². The van der Waals surface area contributed by atoms with Crippen molar-refractivity contribution in [2.75, 3.05) is 19.6 Å². The van der Waals surface area contributed by atoms with Crippen molar-refractivity contribution in [2.24, 2.45) is 5.92 Å². The Hall–Kier alpha value is -0.780. The molecule has 98 valence electrons. The van der Waals surface area contributed by atoms with E-state index in [1.54, 1.807) is 0 Å². The van der Waals surface area contributed by atoms with Crippen LogP contribution in [-0.2, 0) is 4.79 Å². The zero-order valence-electron chi connectivity index (χ0n) is 9.59. The second-order valence-corrected chi connectivity index (χ2v) is 4.85. The van der Waals surface area contributed by atoms with E-state index < -0.39 is 12.1 Å². The molecule has 0 aromatic carbocycles. The predicted molar refractivity (Wildman–Crippen MR) is 56.4 cm³/mol. The number of alkyl halides is 3. The Morgan fingerprint density at radius 1 is 1.24 bits per heavy atom. The second kappa shape index (κ2) is 4.84. The topological polar surface area (TPSA) is 32.3 Å². The molecular weight excluding hydrogens is 233 g/mol. The highest BCUT2D eigenvalue weighted by Gasteiger charge is 2.45. The molecule has 2 aliphatic heterocycles. The van der Waals surface area contributed by atoms with Gasteiger partial charge in [-0.25, -0.2) is 0 Å². The smallest absolute Gasteiger partial charge is 0.335 e. The molecule has 0 radical (unpaired) electrons. The van der Waals surface area contributed by atoms with Crippen molar-refractivity contribution in [3.63, 3.8) is 0 Å². The maximum atomic E-state index is 12.3. The molecule has 2 saturated heterocycles. The minimum Gasteiger partial charge on any atom is -0.335 e. The Morgan fingerprint density at radius 2 is 2.00 bits per heavy atom. The lowest BCUT2D eigenvalue weighted by molar-refractivity contribution is -0.184. The molecule has 2 aliphatic rings. The normalized spacial score (nSPS) is 30.6. The number of carbonyl (C=O) groups is 1. The molecule has 0 unspecified atom stereocenters. The molecule has 0 spiro atoms. The molecule has 2 fully saturated rings. The molecule has 0 aromatic heterocycles. The predicted octanol–water partition coefficient (Wildman–Crippen LogP) is 1.54. The molecule has 2 rings (SSSR count). The fourth-order valence-electron chi connectivity index (χ4n) is 2.76. The van der Waals surface area contributed by atoms with E-state index in [4.69, 9.17) is 0 Å². The monoisotopic (exact) mass is 250 g/mol. The summed E-state index contributed by atoms with van der Waals surface area (Å²) in [7, 11) is 0. The first-order valence-electron chi connectivity index (χ1n) is 6.08. The van der Waals surface area contributed by atoms with E-state index in [2.05, 4.69) is 5.32 Å². The van der Waals surface area contributed by atoms with Gasteiger partial charge in [-0.05, 0) is 31.7 Å². The summed E-state index contributed by atoms with van der Waals surface area (Å²) >= 11 is 0. The summed E-state index contributed by atoms with van der Waals surface area (Å²) in [6.45, 7) is 1.42. The van der Waals surface area contributed by atoms with E-state index in [-0.39, 0.29) is 25.0 Å². The van der Waals surface area contributed by atoms with Crippen LogP contribution in [0.3, 0.4) is 0 Å². The number of halogens is 3. The van der Waals surface area contributed by atoms with Gasteiger partial charge < -0.3 is 10.2 Å². The summed E-state index contributed by atoms with van der Waals surface area (Å²) in [6, 6.07) is 0.287. The van der Waals surface area contributed by atoms with Crippen LogP contribution in [0.2, 0.25) is 0 Å². The quantitative estimate of drug-likeness (QED) is 0.765. The summed E-state index contributed by atoms with van der Waals surface area (Å²) < 4.78 is 36.8. The molecule has 0 bridgehead atoms. The molecule has 17 heavy (non-hydrogen) atoms. The van der Waals surface area contributed by atoms with Gasteiger partial charge in [0.2, 0.25) is 0 Å². The first-order valence-corrected chi connectivity index (χ1v) is 6.08. The van der Waals surface area contributed by atoms with Gasteiger partial charge >= 0.3 is 12.1 Å². The molecule has 0 aliphatic carbocycles. The van der Waals surface area contributed by atoms with Gasteiger partial charge in [-0.1, -0.05) is 6.42 Å². The van der Waals surface area contributed by atoms with E-state index in [1.165, 1.54) is 0 Å². The van der Waals surface area contributed by atoms with Gasteiger partial charge in [-0.15, -0.1) is 0 Å². The van der Waals surface area contributed by atoms with Gasteiger partial charge in [0.25, 0.3) is 0 Å². The molecule has 0 aromatic rings.